The van der Waals surface area contributed by atoms with Crippen LogP contribution in [0.5, 0.6) is 5.75 Å². The molecule has 0 aliphatic rings. The van der Waals surface area contributed by atoms with Crippen LogP contribution in [0, 0.1) is 0 Å². The van der Waals surface area contributed by atoms with Crippen LogP contribution in [0.4, 0.5) is 0 Å². The molecule has 6 nitrogen and oxygen atoms in total. The Morgan fingerprint density at radius 2 is 2.04 bits per heavy atom. The van der Waals surface area contributed by atoms with Gasteiger partial charge in [-0.05, 0) is 43.3 Å². The number of carbonyl (C=O) groups is 1. The fourth-order valence-corrected chi connectivity index (χ4v) is 3.13. The Labute approximate surface area is 149 Å². The first-order chi connectivity index (χ1) is 11.9. The smallest absolute Gasteiger partial charge is 0.275 e. The first-order valence-electron chi connectivity index (χ1n) is 7.84. The summed E-state index contributed by atoms with van der Waals surface area (Å²) in [5.74, 6) is -0.140. The van der Waals surface area contributed by atoms with Crippen molar-refractivity contribution in [2.24, 2.45) is 0 Å². The summed E-state index contributed by atoms with van der Waals surface area (Å²) in [5.41, 5.74) is 1.13. The van der Waals surface area contributed by atoms with Crippen molar-refractivity contribution in [3.8, 4) is 11.4 Å². The SMILES string of the molecule is CC(=O)NC(C)Cn1c(=O)c2cc(O)ccc2n1-c1cccc(Cl)c1. The number of aromatic hydroxyl groups is 1. The van der Waals surface area contributed by atoms with Gasteiger partial charge in [0.25, 0.3) is 5.56 Å². The molecule has 3 aromatic rings. The summed E-state index contributed by atoms with van der Waals surface area (Å²) in [7, 11) is 0. The lowest BCUT2D eigenvalue weighted by Crippen LogP contribution is -2.38. The number of benzene rings is 2. The van der Waals surface area contributed by atoms with Gasteiger partial charge in [0.1, 0.15) is 5.75 Å². The minimum Gasteiger partial charge on any atom is -0.508 e. The molecule has 7 heteroatoms. The van der Waals surface area contributed by atoms with Crippen molar-refractivity contribution in [3.05, 3.63) is 57.8 Å². The number of phenols is 1. The molecule has 25 heavy (non-hydrogen) atoms. The van der Waals surface area contributed by atoms with Crippen molar-refractivity contribution in [2.75, 3.05) is 0 Å². The number of nitrogens with zero attached hydrogens (tertiary/aromatic N) is 2. The molecule has 2 N–H and O–H groups in total. The van der Waals surface area contributed by atoms with Crippen LogP contribution >= 0.6 is 11.6 Å². The molecule has 1 amide bonds. The average Bonchev–Trinajstić information content (AvgIpc) is 2.79. The van der Waals surface area contributed by atoms with E-state index in [-0.39, 0.29) is 29.8 Å². The van der Waals surface area contributed by atoms with Crippen LogP contribution in [0.3, 0.4) is 0 Å². The lowest BCUT2D eigenvalue weighted by Gasteiger charge is -2.17. The van der Waals surface area contributed by atoms with Gasteiger partial charge in [0.15, 0.2) is 0 Å². The maximum atomic E-state index is 12.9. The normalized spacial score (nSPS) is 12.3. The molecule has 0 aliphatic carbocycles. The van der Waals surface area contributed by atoms with E-state index in [0.717, 1.165) is 5.69 Å². The van der Waals surface area contributed by atoms with Gasteiger partial charge in [0.2, 0.25) is 5.91 Å². The Hall–Kier alpha value is -2.73. The second-order valence-electron chi connectivity index (χ2n) is 5.98. The molecule has 0 radical (unpaired) electrons. The number of fused-ring (bicyclic) bond motifs is 1. The second kappa shape index (κ2) is 6.64. The summed E-state index contributed by atoms with van der Waals surface area (Å²) < 4.78 is 3.29. The number of hydrogen-bond acceptors (Lipinski definition) is 3. The quantitative estimate of drug-likeness (QED) is 0.752. The van der Waals surface area contributed by atoms with E-state index in [1.807, 2.05) is 13.0 Å². The molecular weight excluding hydrogens is 342 g/mol. The van der Waals surface area contributed by atoms with Crippen molar-refractivity contribution in [3.63, 3.8) is 0 Å². The van der Waals surface area contributed by atoms with Crippen molar-refractivity contribution in [1.82, 2.24) is 14.7 Å². The molecule has 0 bridgehead atoms. The zero-order chi connectivity index (χ0) is 18.1. The van der Waals surface area contributed by atoms with Crippen LogP contribution in [-0.4, -0.2) is 26.4 Å². The van der Waals surface area contributed by atoms with Crippen molar-refractivity contribution in [1.29, 1.82) is 0 Å². The number of carbonyl (C=O) groups excluding carboxylic acids is 1. The lowest BCUT2D eigenvalue weighted by molar-refractivity contribution is -0.119. The molecule has 0 aliphatic heterocycles. The Kier molecular flexibility index (Phi) is 4.55. The van der Waals surface area contributed by atoms with E-state index in [2.05, 4.69) is 5.32 Å². The first kappa shape index (κ1) is 17.1. The predicted octanol–water partition coefficient (Wildman–Crippen LogP) is 2.68. The van der Waals surface area contributed by atoms with Gasteiger partial charge in [-0.1, -0.05) is 17.7 Å². The van der Waals surface area contributed by atoms with E-state index < -0.39 is 0 Å². The third kappa shape index (κ3) is 3.39. The van der Waals surface area contributed by atoms with E-state index in [4.69, 9.17) is 11.6 Å². The Morgan fingerprint density at radius 3 is 2.72 bits per heavy atom. The number of amides is 1. The number of hydrogen-bond donors (Lipinski definition) is 2. The minimum absolute atomic E-state index is 0.0231. The van der Waals surface area contributed by atoms with E-state index in [1.165, 1.54) is 23.7 Å². The Morgan fingerprint density at radius 1 is 1.28 bits per heavy atom. The minimum atomic E-state index is -0.247. The number of phenolic OH excluding ortho intramolecular Hbond substituents is 1. The molecule has 0 spiro atoms. The molecule has 0 fully saturated rings. The molecule has 1 atom stereocenters. The monoisotopic (exact) mass is 359 g/mol. The molecule has 0 saturated carbocycles. The summed E-state index contributed by atoms with van der Waals surface area (Å²) in [6, 6.07) is 11.6. The van der Waals surface area contributed by atoms with Crippen molar-refractivity contribution < 1.29 is 9.90 Å². The topological polar surface area (TPSA) is 76.3 Å². The molecule has 130 valence electrons. The highest BCUT2D eigenvalue weighted by Crippen LogP contribution is 2.23. The molecule has 2 aromatic carbocycles. The van der Waals surface area contributed by atoms with Crippen molar-refractivity contribution >= 4 is 28.4 Å². The van der Waals surface area contributed by atoms with Crippen LogP contribution in [0.25, 0.3) is 16.6 Å². The number of nitrogens with one attached hydrogen (secondary N) is 1. The highest BCUT2D eigenvalue weighted by atomic mass is 35.5. The van der Waals surface area contributed by atoms with Gasteiger partial charge in [-0.3, -0.25) is 14.3 Å². The van der Waals surface area contributed by atoms with Crippen LogP contribution < -0.4 is 10.9 Å². The van der Waals surface area contributed by atoms with E-state index >= 15 is 0 Å². The van der Waals surface area contributed by atoms with Crippen LogP contribution in [0.15, 0.2) is 47.3 Å². The zero-order valence-electron chi connectivity index (χ0n) is 13.9. The third-order valence-corrected chi connectivity index (χ3v) is 4.10. The van der Waals surface area contributed by atoms with Gasteiger partial charge in [-0.15, -0.1) is 0 Å². The first-order valence-corrected chi connectivity index (χ1v) is 8.22. The number of rotatable bonds is 4. The van der Waals surface area contributed by atoms with Crippen molar-refractivity contribution in [2.45, 2.75) is 26.4 Å². The number of aromatic nitrogens is 2. The molecule has 3 rings (SSSR count). The van der Waals surface area contributed by atoms with Gasteiger partial charge in [-0.25, -0.2) is 4.68 Å². The fourth-order valence-electron chi connectivity index (χ4n) is 2.94. The summed E-state index contributed by atoms with van der Waals surface area (Å²) >= 11 is 6.11. The van der Waals surface area contributed by atoms with E-state index in [9.17, 15) is 14.7 Å². The summed E-state index contributed by atoms with van der Waals surface area (Å²) in [6.45, 7) is 3.54. The second-order valence-corrected chi connectivity index (χ2v) is 6.42. The van der Waals surface area contributed by atoms with Gasteiger partial charge in [0.05, 0.1) is 23.1 Å². The molecule has 1 heterocycles. The zero-order valence-corrected chi connectivity index (χ0v) is 14.6. The maximum absolute atomic E-state index is 12.9. The average molecular weight is 360 g/mol. The fraction of sp³-hybridized carbons (Fsp3) is 0.222. The summed E-state index contributed by atoms with van der Waals surface area (Å²) in [5, 5.41) is 13.5. The van der Waals surface area contributed by atoms with Gasteiger partial charge in [-0.2, -0.15) is 0 Å². The molecule has 1 unspecified atom stereocenters. The van der Waals surface area contributed by atoms with Crippen LogP contribution in [-0.2, 0) is 11.3 Å². The highest BCUT2D eigenvalue weighted by molar-refractivity contribution is 6.30. The highest BCUT2D eigenvalue weighted by Gasteiger charge is 2.17. The van der Waals surface area contributed by atoms with Crippen LogP contribution in [0.2, 0.25) is 5.02 Å². The summed E-state index contributed by atoms with van der Waals surface area (Å²) in [6.07, 6.45) is 0. The third-order valence-electron chi connectivity index (χ3n) is 3.86. The Bertz CT molecular complexity index is 1010. The molecular formula is C18H18ClN3O3. The molecule has 1 aromatic heterocycles. The van der Waals surface area contributed by atoms with Gasteiger partial charge >= 0.3 is 0 Å². The van der Waals surface area contributed by atoms with Gasteiger partial charge in [0, 0.05) is 18.0 Å². The van der Waals surface area contributed by atoms with E-state index in [0.29, 0.717) is 15.9 Å². The molecule has 0 saturated heterocycles. The number of halogens is 1. The Balaban J connectivity index is 2.23. The van der Waals surface area contributed by atoms with E-state index in [1.54, 1.807) is 28.9 Å². The largest absolute Gasteiger partial charge is 0.508 e. The summed E-state index contributed by atoms with van der Waals surface area (Å²) in [4.78, 5) is 24.2. The predicted molar refractivity (Wildman–Crippen MR) is 97.5 cm³/mol. The standard InChI is InChI=1S/C18H18ClN3O3/c1-11(20-12(2)23)10-21-18(25)16-9-15(24)6-7-17(16)22(21)14-5-3-4-13(19)8-14/h3-9,11,24H,10H2,1-2H3,(H,20,23). The van der Waals surface area contributed by atoms with Crippen LogP contribution in [0.1, 0.15) is 13.8 Å². The lowest BCUT2D eigenvalue weighted by atomic mass is 10.2. The van der Waals surface area contributed by atoms with Gasteiger partial charge < -0.3 is 10.4 Å². The maximum Gasteiger partial charge on any atom is 0.275 e.